The van der Waals surface area contributed by atoms with E-state index in [1.165, 1.54) is 6.21 Å². The van der Waals surface area contributed by atoms with Gasteiger partial charge in [-0.15, -0.1) is 0 Å². The Kier molecular flexibility index (Phi) is 3.47. The molecule has 1 amide bonds. The zero-order valence-corrected chi connectivity index (χ0v) is 12.4. The molecular weight excluding hydrogens is 276 g/mol. The van der Waals surface area contributed by atoms with E-state index in [1.54, 1.807) is 16.7 Å². The van der Waals surface area contributed by atoms with E-state index in [9.17, 15) is 4.79 Å². The van der Waals surface area contributed by atoms with Gasteiger partial charge in [0.2, 0.25) is 0 Å². The van der Waals surface area contributed by atoms with Crippen LogP contribution in [0.4, 0.5) is 5.69 Å². The van der Waals surface area contributed by atoms with E-state index in [0.717, 1.165) is 22.3 Å². The topological polar surface area (TPSA) is 70.2 Å². The smallest absolute Gasteiger partial charge is 0.274 e. The van der Waals surface area contributed by atoms with Crippen molar-refractivity contribution in [1.82, 2.24) is 9.38 Å². The van der Waals surface area contributed by atoms with Crippen molar-refractivity contribution in [2.75, 3.05) is 5.32 Å². The summed E-state index contributed by atoms with van der Waals surface area (Å²) in [5.74, 6) is -0.221. The molecule has 0 atom stereocenters. The zero-order chi connectivity index (χ0) is 15.7. The average Bonchev–Trinajstić information content (AvgIpc) is 2.92. The van der Waals surface area contributed by atoms with Crippen LogP contribution < -0.4 is 5.32 Å². The Labute approximate surface area is 128 Å². The first kappa shape index (κ1) is 14.0. The SMILES string of the molecule is Cc1ccn2c(C(=O)Nc3cc(C=N)ccc3C)cnc2c1. The minimum Gasteiger partial charge on any atom is -0.320 e. The van der Waals surface area contributed by atoms with E-state index in [0.29, 0.717) is 11.4 Å². The third kappa shape index (κ3) is 2.48. The van der Waals surface area contributed by atoms with E-state index < -0.39 is 0 Å². The number of aromatic nitrogens is 2. The molecule has 5 nitrogen and oxygen atoms in total. The molecule has 2 aromatic heterocycles. The van der Waals surface area contributed by atoms with E-state index >= 15 is 0 Å². The first-order valence-corrected chi connectivity index (χ1v) is 6.94. The van der Waals surface area contributed by atoms with Crippen LogP contribution in [-0.2, 0) is 0 Å². The quantitative estimate of drug-likeness (QED) is 0.728. The second kappa shape index (κ2) is 5.44. The second-order valence-corrected chi connectivity index (χ2v) is 5.25. The Balaban J connectivity index is 1.95. The van der Waals surface area contributed by atoms with Gasteiger partial charge < -0.3 is 10.7 Å². The number of hydrogen-bond donors (Lipinski definition) is 2. The van der Waals surface area contributed by atoms with Crippen LogP contribution in [0, 0.1) is 19.3 Å². The van der Waals surface area contributed by atoms with Crippen molar-refractivity contribution in [3.8, 4) is 0 Å². The number of nitrogens with zero attached hydrogens (tertiary/aromatic N) is 2. The Bertz CT molecular complexity index is 879. The summed E-state index contributed by atoms with van der Waals surface area (Å²) in [6, 6.07) is 9.38. The highest BCUT2D eigenvalue weighted by molar-refractivity contribution is 6.04. The molecule has 0 aliphatic heterocycles. The number of carbonyl (C=O) groups is 1. The van der Waals surface area contributed by atoms with E-state index in [1.807, 2.05) is 44.3 Å². The van der Waals surface area contributed by atoms with Crippen LogP contribution in [-0.4, -0.2) is 21.5 Å². The molecule has 3 aromatic rings. The van der Waals surface area contributed by atoms with Gasteiger partial charge >= 0.3 is 0 Å². The highest BCUT2D eigenvalue weighted by Crippen LogP contribution is 2.18. The highest BCUT2D eigenvalue weighted by atomic mass is 16.1. The molecule has 110 valence electrons. The number of amides is 1. The van der Waals surface area contributed by atoms with Crippen LogP contribution in [0.1, 0.15) is 27.2 Å². The number of aryl methyl sites for hydroxylation is 2. The average molecular weight is 292 g/mol. The third-order valence-corrected chi connectivity index (χ3v) is 3.58. The summed E-state index contributed by atoms with van der Waals surface area (Å²) in [6.45, 7) is 3.90. The first-order valence-electron chi connectivity index (χ1n) is 6.94. The van der Waals surface area contributed by atoms with Gasteiger partial charge in [-0.2, -0.15) is 0 Å². The summed E-state index contributed by atoms with van der Waals surface area (Å²) in [5.41, 5.74) is 4.72. The second-order valence-electron chi connectivity index (χ2n) is 5.25. The summed E-state index contributed by atoms with van der Waals surface area (Å²) in [7, 11) is 0. The first-order chi connectivity index (χ1) is 10.6. The fraction of sp³-hybridized carbons (Fsp3) is 0.118. The molecule has 0 aliphatic rings. The lowest BCUT2D eigenvalue weighted by molar-refractivity contribution is 0.102. The zero-order valence-electron chi connectivity index (χ0n) is 12.4. The predicted octanol–water partition coefficient (Wildman–Crippen LogP) is 3.20. The molecule has 0 saturated heterocycles. The van der Waals surface area contributed by atoms with Crippen LogP contribution in [0.25, 0.3) is 5.65 Å². The number of carbonyl (C=O) groups excluding carboxylic acids is 1. The highest BCUT2D eigenvalue weighted by Gasteiger charge is 2.13. The van der Waals surface area contributed by atoms with Crippen LogP contribution in [0.5, 0.6) is 0 Å². The molecule has 5 heteroatoms. The number of imidazole rings is 1. The molecule has 2 heterocycles. The minimum atomic E-state index is -0.221. The normalized spacial score (nSPS) is 10.6. The maximum atomic E-state index is 12.5. The minimum absolute atomic E-state index is 0.221. The number of rotatable bonds is 3. The Morgan fingerprint density at radius 3 is 2.86 bits per heavy atom. The molecule has 1 aromatic carbocycles. The largest absolute Gasteiger partial charge is 0.320 e. The number of hydrogen-bond acceptors (Lipinski definition) is 3. The van der Waals surface area contributed by atoms with Crippen molar-refractivity contribution < 1.29 is 4.79 Å². The number of fused-ring (bicyclic) bond motifs is 1. The number of pyridine rings is 1. The summed E-state index contributed by atoms with van der Waals surface area (Å²) in [4.78, 5) is 16.8. The van der Waals surface area contributed by atoms with Crippen LogP contribution in [0.15, 0.2) is 42.7 Å². The lowest BCUT2D eigenvalue weighted by Gasteiger charge is -2.09. The molecule has 0 spiro atoms. The van der Waals surface area contributed by atoms with Gasteiger partial charge in [0.15, 0.2) is 0 Å². The Morgan fingerprint density at radius 2 is 2.09 bits per heavy atom. The Morgan fingerprint density at radius 1 is 1.27 bits per heavy atom. The Hall–Kier alpha value is -2.95. The van der Waals surface area contributed by atoms with Gasteiger partial charge in [-0.25, -0.2) is 4.98 Å². The summed E-state index contributed by atoms with van der Waals surface area (Å²) >= 11 is 0. The van der Waals surface area contributed by atoms with Gasteiger partial charge in [-0.05, 0) is 48.7 Å². The summed E-state index contributed by atoms with van der Waals surface area (Å²) in [5, 5.41) is 10.2. The molecule has 0 aliphatic carbocycles. The standard InChI is InChI=1S/C17H16N4O/c1-11-5-6-21-15(10-19-16(21)7-11)17(22)20-14-8-13(9-18)4-3-12(14)2/h3-10,18H,1-2H3,(H,20,22). The number of anilines is 1. The maximum Gasteiger partial charge on any atom is 0.274 e. The van der Waals surface area contributed by atoms with Crippen molar-refractivity contribution in [2.45, 2.75) is 13.8 Å². The lowest BCUT2D eigenvalue weighted by Crippen LogP contribution is -2.15. The van der Waals surface area contributed by atoms with E-state index in [4.69, 9.17) is 5.41 Å². The van der Waals surface area contributed by atoms with Crippen molar-refractivity contribution >= 4 is 23.5 Å². The molecule has 0 unspecified atom stereocenters. The lowest BCUT2D eigenvalue weighted by atomic mass is 10.1. The van der Waals surface area contributed by atoms with Crippen LogP contribution in [0.2, 0.25) is 0 Å². The van der Waals surface area contributed by atoms with Crippen LogP contribution >= 0.6 is 0 Å². The molecule has 0 radical (unpaired) electrons. The van der Waals surface area contributed by atoms with Gasteiger partial charge in [0.05, 0.1) is 6.20 Å². The summed E-state index contributed by atoms with van der Waals surface area (Å²) in [6.07, 6.45) is 4.67. The fourth-order valence-corrected chi connectivity index (χ4v) is 2.30. The van der Waals surface area contributed by atoms with Crippen LogP contribution in [0.3, 0.4) is 0 Å². The molecule has 0 saturated carbocycles. The van der Waals surface area contributed by atoms with E-state index in [2.05, 4.69) is 10.3 Å². The predicted molar refractivity (Wildman–Crippen MR) is 86.9 cm³/mol. The van der Waals surface area contributed by atoms with Gasteiger partial charge in [0, 0.05) is 18.1 Å². The molecule has 0 bridgehead atoms. The van der Waals surface area contributed by atoms with Crippen molar-refractivity contribution in [2.24, 2.45) is 0 Å². The molecule has 22 heavy (non-hydrogen) atoms. The van der Waals surface area contributed by atoms with Crippen molar-refractivity contribution in [3.63, 3.8) is 0 Å². The van der Waals surface area contributed by atoms with Crippen molar-refractivity contribution in [1.29, 1.82) is 5.41 Å². The monoisotopic (exact) mass is 292 g/mol. The molecule has 2 N–H and O–H groups in total. The number of benzene rings is 1. The van der Waals surface area contributed by atoms with Gasteiger partial charge in [-0.3, -0.25) is 9.20 Å². The maximum absolute atomic E-state index is 12.5. The summed E-state index contributed by atoms with van der Waals surface area (Å²) < 4.78 is 1.76. The molecule has 0 fully saturated rings. The van der Waals surface area contributed by atoms with Crippen molar-refractivity contribution in [3.05, 3.63) is 65.1 Å². The molecule has 3 rings (SSSR count). The fourth-order valence-electron chi connectivity index (χ4n) is 2.30. The third-order valence-electron chi connectivity index (χ3n) is 3.58. The van der Waals surface area contributed by atoms with Gasteiger partial charge in [0.1, 0.15) is 11.3 Å². The van der Waals surface area contributed by atoms with Gasteiger partial charge in [0.25, 0.3) is 5.91 Å². The van der Waals surface area contributed by atoms with E-state index in [-0.39, 0.29) is 5.91 Å². The number of nitrogens with one attached hydrogen (secondary N) is 2. The molecular formula is C17H16N4O. The van der Waals surface area contributed by atoms with Gasteiger partial charge in [-0.1, -0.05) is 12.1 Å².